The summed E-state index contributed by atoms with van der Waals surface area (Å²) in [5, 5.41) is 28.2. The number of ketones is 1. The van der Waals surface area contributed by atoms with Crippen LogP contribution in [0.4, 0.5) is 0 Å². The van der Waals surface area contributed by atoms with Crippen LogP contribution >= 0.6 is 0 Å². The number of aliphatic hydroxyl groups is 1. The molecule has 9 nitrogen and oxygen atoms in total. The lowest BCUT2D eigenvalue weighted by Gasteiger charge is -2.72. The Balaban J connectivity index is 1.13. The van der Waals surface area contributed by atoms with Crippen LogP contribution in [0.25, 0.3) is 0 Å². The molecular weight excluding hydrogens is 681 g/mol. The number of aliphatic carboxylic acids is 1. The smallest absolute Gasteiger partial charge is 0.309 e. The summed E-state index contributed by atoms with van der Waals surface area (Å²) < 4.78 is 6.41. The summed E-state index contributed by atoms with van der Waals surface area (Å²) in [6.07, 6.45) is 10.3. The molecule has 1 saturated heterocycles. The van der Waals surface area contributed by atoms with Gasteiger partial charge in [-0.2, -0.15) is 0 Å². The molecule has 1 amide bonds. The maximum absolute atomic E-state index is 14.1. The second-order valence-corrected chi connectivity index (χ2v) is 21.4. The van der Waals surface area contributed by atoms with Gasteiger partial charge in [0, 0.05) is 23.8 Å². The molecule has 0 aromatic rings. The van der Waals surface area contributed by atoms with Crippen LogP contribution in [0, 0.1) is 68.0 Å². The fourth-order valence-electron chi connectivity index (χ4n) is 14.8. The number of rotatable bonds is 8. The maximum Gasteiger partial charge on any atom is 0.309 e. The van der Waals surface area contributed by atoms with Gasteiger partial charge in [0.2, 0.25) is 5.91 Å². The van der Waals surface area contributed by atoms with Crippen molar-refractivity contribution in [2.45, 2.75) is 164 Å². The average Bonchev–Trinajstić information content (AvgIpc) is 3.41. The van der Waals surface area contributed by atoms with Crippen LogP contribution in [0.5, 0.6) is 0 Å². The van der Waals surface area contributed by atoms with Crippen molar-refractivity contribution in [3.8, 4) is 0 Å². The number of allylic oxidation sites excluding steroid dienone is 1. The van der Waals surface area contributed by atoms with Crippen LogP contribution in [-0.2, 0) is 23.9 Å². The largest absolute Gasteiger partial charge is 0.481 e. The number of piperidine rings is 1. The Hall–Kier alpha value is -2.26. The van der Waals surface area contributed by atoms with Crippen molar-refractivity contribution in [3.05, 3.63) is 11.1 Å². The van der Waals surface area contributed by atoms with Gasteiger partial charge in [-0.25, -0.2) is 0 Å². The molecule has 0 spiro atoms. The Kier molecular flexibility index (Phi) is 9.92. The lowest BCUT2D eigenvalue weighted by Crippen LogP contribution is -2.66. The van der Waals surface area contributed by atoms with Crippen molar-refractivity contribution in [2.75, 3.05) is 13.1 Å². The highest BCUT2D eigenvalue weighted by atomic mass is 16.5. The number of amides is 1. The maximum atomic E-state index is 14.1. The first-order valence-corrected chi connectivity index (χ1v) is 21.6. The summed E-state index contributed by atoms with van der Waals surface area (Å²) in [6, 6.07) is -0.218. The lowest BCUT2D eigenvalue weighted by molar-refractivity contribution is -0.238. The zero-order chi connectivity index (χ0) is 39.4. The highest BCUT2D eigenvalue weighted by molar-refractivity contribution is 6.01. The molecule has 0 unspecified atom stereocenters. The van der Waals surface area contributed by atoms with Gasteiger partial charge in [0.05, 0.1) is 24.0 Å². The summed E-state index contributed by atoms with van der Waals surface area (Å²) in [5.74, 6) is -0.705. The SMILES string of the molecule is CC(C)C1=C2[C@H]3CC[C@@H]4[C@@]5(C)CC[C@H](OC(=O)[C@H]6C[C@@H](C(=O)O)C6(C)C)C(C)(C)[C@@H]5CC[C@@]4(C)[C@]3(C)CC[C@@]2([C@@H](O)CNC(=O)[C@@H]2CCCCN2)CC1=O. The number of nitrogens with one attached hydrogen (secondary N) is 2. The fraction of sp³-hybridized carbons (Fsp3) is 0.867. The first-order chi connectivity index (χ1) is 25.2. The summed E-state index contributed by atoms with van der Waals surface area (Å²) >= 11 is 0. The van der Waals surface area contributed by atoms with Crippen LogP contribution in [0.3, 0.4) is 0 Å². The Morgan fingerprint density at radius 2 is 1.57 bits per heavy atom. The van der Waals surface area contributed by atoms with E-state index in [-0.39, 0.29) is 75.8 Å². The van der Waals surface area contributed by atoms with Gasteiger partial charge >= 0.3 is 11.9 Å². The van der Waals surface area contributed by atoms with Crippen molar-refractivity contribution in [1.82, 2.24) is 10.6 Å². The van der Waals surface area contributed by atoms with E-state index in [9.17, 15) is 29.4 Å². The predicted molar refractivity (Wildman–Crippen MR) is 207 cm³/mol. The number of Topliss-reactive ketones (excluding diaryl/α,β-unsaturated/α-hetero) is 1. The Bertz CT molecular complexity index is 1590. The molecule has 12 atom stereocenters. The van der Waals surface area contributed by atoms with E-state index in [0.717, 1.165) is 82.7 Å². The monoisotopic (exact) mass is 751 g/mol. The van der Waals surface area contributed by atoms with E-state index in [1.165, 1.54) is 5.57 Å². The number of carbonyl (C=O) groups is 4. The third kappa shape index (κ3) is 5.64. The van der Waals surface area contributed by atoms with Crippen LogP contribution in [0.1, 0.15) is 146 Å². The molecule has 1 heterocycles. The first kappa shape index (κ1) is 40.0. The molecule has 302 valence electrons. The third-order valence-corrected chi connectivity index (χ3v) is 18.3. The molecule has 54 heavy (non-hydrogen) atoms. The molecule has 4 N–H and O–H groups in total. The molecular formula is C45H70N2O7. The number of ether oxygens (including phenoxy) is 1. The standard InChI is InChI=1S/C45H70N2O7/c1-25(2)35-30(48)23-45(33(49)24-47-37(50)29-12-10-11-21-46-29)20-19-43(8)26(36(35)45)13-14-32-42(7)17-16-34(41(5,6)31(42)15-18-44(32,43)9)54-39(53)28-22-27(38(51)52)40(28,3)4/h25-29,31-34,46,49H,10-24H2,1-9H3,(H,47,50)(H,51,52)/t26-,27+,28-,29+,31+,32-,33+,34+,42+,43-,44-,45+/m1/s1. The Morgan fingerprint density at radius 1 is 0.852 bits per heavy atom. The van der Waals surface area contributed by atoms with Gasteiger partial charge in [0.25, 0.3) is 0 Å². The van der Waals surface area contributed by atoms with Gasteiger partial charge in [-0.15, -0.1) is 0 Å². The van der Waals surface area contributed by atoms with Crippen molar-refractivity contribution in [1.29, 1.82) is 0 Å². The minimum Gasteiger partial charge on any atom is -0.481 e. The molecule has 0 bridgehead atoms. The van der Waals surface area contributed by atoms with Crippen LogP contribution in [0.2, 0.25) is 0 Å². The van der Waals surface area contributed by atoms with E-state index in [1.54, 1.807) is 0 Å². The molecule has 0 aromatic heterocycles. The van der Waals surface area contributed by atoms with E-state index >= 15 is 0 Å². The van der Waals surface area contributed by atoms with Crippen LogP contribution < -0.4 is 10.6 Å². The zero-order valence-electron chi connectivity index (χ0n) is 34.7. The highest BCUT2D eigenvalue weighted by Crippen LogP contribution is 2.77. The van der Waals surface area contributed by atoms with Crippen molar-refractivity contribution >= 4 is 23.6 Å². The lowest BCUT2D eigenvalue weighted by atomic mass is 9.33. The average molecular weight is 751 g/mol. The molecule has 0 aromatic carbocycles. The number of hydrogen-bond donors (Lipinski definition) is 4. The van der Waals surface area contributed by atoms with E-state index in [2.05, 4.69) is 59.1 Å². The topological polar surface area (TPSA) is 142 Å². The van der Waals surface area contributed by atoms with Gasteiger partial charge in [-0.05, 0) is 128 Å². The Labute approximate surface area is 324 Å². The van der Waals surface area contributed by atoms with Crippen molar-refractivity contribution in [3.63, 3.8) is 0 Å². The van der Waals surface area contributed by atoms with Crippen LogP contribution in [-0.4, -0.2) is 65.2 Å². The minimum absolute atomic E-state index is 0.0290. The summed E-state index contributed by atoms with van der Waals surface area (Å²) in [6.45, 7) is 21.2. The normalized spacial score (nSPS) is 44.2. The summed E-state index contributed by atoms with van der Waals surface area (Å²) in [5.41, 5.74) is 0.732. The van der Waals surface area contributed by atoms with Crippen molar-refractivity contribution < 1.29 is 34.1 Å². The molecule has 9 heteroatoms. The number of fused-ring (bicyclic) bond motifs is 7. The number of carboxylic acid groups (broad SMARTS) is 1. The van der Waals surface area contributed by atoms with Gasteiger partial charge in [0.1, 0.15) is 6.10 Å². The summed E-state index contributed by atoms with van der Waals surface area (Å²) in [4.78, 5) is 52.6. The number of carbonyl (C=O) groups excluding carboxylic acids is 3. The molecule has 6 aliphatic carbocycles. The number of aliphatic hydroxyl groups excluding tert-OH is 1. The number of carboxylic acids is 1. The molecule has 5 saturated carbocycles. The van der Waals surface area contributed by atoms with Crippen LogP contribution in [0.15, 0.2) is 11.1 Å². The highest BCUT2D eigenvalue weighted by Gasteiger charge is 2.71. The number of hydrogen-bond acceptors (Lipinski definition) is 7. The molecule has 7 rings (SSSR count). The predicted octanol–water partition coefficient (Wildman–Crippen LogP) is 7.25. The van der Waals surface area contributed by atoms with E-state index in [4.69, 9.17) is 4.74 Å². The third-order valence-electron chi connectivity index (χ3n) is 18.3. The van der Waals surface area contributed by atoms with Gasteiger partial charge in [-0.1, -0.05) is 74.3 Å². The van der Waals surface area contributed by atoms with Gasteiger partial charge in [0.15, 0.2) is 5.78 Å². The van der Waals surface area contributed by atoms with Crippen molar-refractivity contribution in [2.24, 2.45) is 68.0 Å². The molecule has 0 radical (unpaired) electrons. The molecule has 7 aliphatic rings. The van der Waals surface area contributed by atoms with E-state index in [1.807, 2.05) is 13.8 Å². The second kappa shape index (κ2) is 13.4. The first-order valence-electron chi connectivity index (χ1n) is 21.6. The minimum atomic E-state index is -0.835. The zero-order valence-corrected chi connectivity index (χ0v) is 34.7. The number of esters is 1. The quantitative estimate of drug-likeness (QED) is 0.190. The van der Waals surface area contributed by atoms with Gasteiger partial charge < -0.3 is 25.6 Å². The fourth-order valence-corrected chi connectivity index (χ4v) is 14.8. The summed E-state index contributed by atoms with van der Waals surface area (Å²) in [7, 11) is 0. The molecule has 1 aliphatic heterocycles. The molecule has 6 fully saturated rings. The Morgan fingerprint density at radius 3 is 2.20 bits per heavy atom. The second-order valence-electron chi connectivity index (χ2n) is 21.4. The van der Waals surface area contributed by atoms with E-state index < -0.39 is 28.8 Å². The van der Waals surface area contributed by atoms with E-state index in [0.29, 0.717) is 24.7 Å². The van der Waals surface area contributed by atoms with Gasteiger partial charge in [-0.3, -0.25) is 19.2 Å².